The number of benzene rings is 2. The fourth-order valence-electron chi connectivity index (χ4n) is 5.52. The first-order valence-corrected chi connectivity index (χ1v) is 17.3. The molecule has 1 fully saturated rings. The lowest BCUT2D eigenvalue weighted by Crippen LogP contribution is -2.35. The predicted octanol–water partition coefficient (Wildman–Crippen LogP) is 5.93. The molecule has 0 aliphatic heterocycles. The van der Waals surface area contributed by atoms with E-state index < -0.39 is 29.9 Å². The normalized spacial score (nSPS) is 16.9. The lowest BCUT2D eigenvalue weighted by molar-refractivity contribution is -0.148. The first-order valence-electron chi connectivity index (χ1n) is 17.3. The largest absolute Gasteiger partial charge is 0.489 e. The van der Waals surface area contributed by atoms with E-state index >= 15 is 0 Å². The van der Waals surface area contributed by atoms with Gasteiger partial charge in [0.2, 0.25) is 6.79 Å². The highest BCUT2D eigenvalue weighted by atomic mass is 16.7. The monoisotopic (exact) mass is 736 g/mol. The molecule has 1 aliphatic carbocycles. The van der Waals surface area contributed by atoms with Crippen molar-refractivity contribution in [2.24, 2.45) is 17.8 Å². The third-order valence-electron chi connectivity index (χ3n) is 8.39. The lowest BCUT2D eigenvalue weighted by atomic mass is 9.75. The zero-order valence-electron chi connectivity index (χ0n) is 30.5. The van der Waals surface area contributed by atoms with Gasteiger partial charge in [0.15, 0.2) is 6.10 Å². The summed E-state index contributed by atoms with van der Waals surface area (Å²) in [5.41, 5.74) is 1.39. The van der Waals surface area contributed by atoms with Crippen molar-refractivity contribution in [1.82, 2.24) is 0 Å². The van der Waals surface area contributed by atoms with Crippen LogP contribution in [0.5, 0.6) is 23.0 Å². The SMILES string of the molecule is C=CC(=O)OCCCCOCC(COc1ccc(OC(=O)C2CCC(C(=O)Oc3ccc(OCOC(=O)C=C)c(C)c3)CC2C)cc1C)OC(=O)C=C. The Hall–Kier alpha value is -5.43. The average molecular weight is 737 g/mol. The van der Waals surface area contributed by atoms with Gasteiger partial charge in [-0.3, -0.25) is 9.59 Å². The van der Waals surface area contributed by atoms with Crippen LogP contribution in [0.25, 0.3) is 0 Å². The molecule has 4 atom stereocenters. The number of rotatable bonds is 21. The molecule has 0 heterocycles. The molecule has 0 saturated heterocycles. The van der Waals surface area contributed by atoms with E-state index in [1.807, 2.05) is 6.92 Å². The van der Waals surface area contributed by atoms with E-state index in [1.165, 1.54) is 0 Å². The minimum Gasteiger partial charge on any atom is -0.489 e. The predicted molar refractivity (Wildman–Crippen MR) is 192 cm³/mol. The highest BCUT2D eigenvalue weighted by Gasteiger charge is 2.37. The van der Waals surface area contributed by atoms with Gasteiger partial charge in [-0.05, 0) is 99.4 Å². The third-order valence-corrected chi connectivity index (χ3v) is 8.39. The zero-order chi connectivity index (χ0) is 38.8. The maximum Gasteiger partial charge on any atom is 0.333 e. The van der Waals surface area contributed by atoms with Crippen LogP contribution in [0.4, 0.5) is 0 Å². The Labute approximate surface area is 309 Å². The van der Waals surface area contributed by atoms with Crippen LogP contribution in [-0.4, -0.2) is 69.2 Å². The fraction of sp³-hybridized carbons (Fsp3) is 0.425. The number of hydrogen-bond acceptors (Lipinski definition) is 13. The van der Waals surface area contributed by atoms with Crippen LogP contribution >= 0.6 is 0 Å². The van der Waals surface area contributed by atoms with Gasteiger partial charge in [-0.25, -0.2) is 14.4 Å². The highest BCUT2D eigenvalue weighted by Crippen LogP contribution is 2.36. The second-order valence-electron chi connectivity index (χ2n) is 12.4. The maximum atomic E-state index is 13.2. The Kier molecular flexibility index (Phi) is 17.3. The molecule has 286 valence electrons. The number of carbonyl (C=O) groups excluding carboxylic acids is 5. The molecule has 0 aromatic heterocycles. The van der Waals surface area contributed by atoms with Crippen LogP contribution < -0.4 is 18.9 Å². The second kappa shape index (κ2) is 21.8. The first kappa shape index (κ1) is 42.0. The van der Waals surface area contributed by atoms with Gasteiger partial charge in [-0.15, -0.1) is 0 Å². The van der Waals surface area contributed by atoms with Crippen LogP contribution in [0.1, 0.15) is 50.2 Å². The Morgan fingerprint density at radius 2 is 1.32 bits per heavy atom. The molecule has 3 rings (SSSR count). The van der Waals surface area contributed by atoms with Gasteiger partial charge >= 0.3 is 29.8 Å². The number of carbonyl (C=O) groups is 5. The van der Waals surface area contributed by atoms with Crippen molar-refractivity contribution < 1.29 is 61.9 Å². The smallest absolute Gasteiger partial charge is 0.333 e. The Bertz CT molecular complexity index is 1610. The third kappa shape index (κ3) is 14.3. The summed E-state index contributed by atoms with van der Waals surface area (Å²) in [5, 5.41) is 0. The molecule has 13 nitrogen and oxygen atoms in total. The van der Waals surface area contributed by atoms with Crippen molar-refractivity contribution in [2.75, 3.05) is 33.2 Å². The molecule has 0 spiro atoms. The van der Waals surface area contributed by atoms with Crippen molar-refractivity contribution in [1.29, 1.82) is 0 Å². The zero-order valence-corrected chi connectivity index (χ0v) is 30.5. The van der Waals surface area contributed by atoms with E-state index in [4.69, 9.17) is 37.9 Å². The van der Waals surface area contributed by atoms with Crippen molar-refractivity contribution >= 4 is 29.8 Å². The highest BCUT2D eigenvalue weighted by molar-refractivity contribution is 5.82. The summed E-state index contributed by atoms with van der Waals surface area (Å²) in [5.74, 6) is -1.65. The summed E-state index contributed by atoms with van der Waals surface area (Å²) in [6.07, 6.45) is 5.12. The van der Waals surface area contributed by atoms with Gasteiger partial charge in [0.25, 0.3) is 0 Å². The summed E-state index contributed by atoms with van der Waals surface area (Å²) in [7, 11) is 0. The topological polar surface area (TPSA) is 159 Å². The summed E-state index contributed by atoms with van der Waals surface area (Å²) in [4.78, 5) is 60.4. The molecular formula is C40H48O13. The van der Waals surface area contributed by atoms with Gasteiger partial charge in [-0.2, -0.15) is 0 Å². The Balaban J connectivity index is 1.46. The van der Waals surface area contributed by atoms with Crippen LogP contribution in [-0.2, 0) is 42.9 Å². The van der Waals surface area contributed by atoms with Gasteiger partial charge < -0.3 is 37.9 Å². The quantitative estimate of drug-likeness (QED) is 0.0371. The van der Waals surface area contributed by atoms with Crippen LogP contribution in [0.3, 0.4) is 0 Å². The van der Waals surface area contributed by atoms with Gasteiger partial charge in [0, 0.05) is 24.8 Å². The molecule has 1 saturated carbocycles. The number of hydrogen-bond donors (Lipinski definition) is 0. The van der Waals surface area contributed by atoms with E-state index in [0.717, 1.165) is 18.2 Å². The molecule has 13 heteroatoms. The molecule has 2 aromatic rings. The molecule has 0 N–H and O–H groups in total. The molecule has 0 radical (unpaired) electrons. The molecular weight excluding hydrogens is 688 g/mol. The van der Waals surface area contributed by atoms with E-state index in [2.05, 4.69) is 19.7 Å². The maximum absolute atomic E-state index is 13.2. The van der Waals surface area contributed by atoms with E-state index in [9.17, 15) is 24.0 Å². The fourth-order valence-corrected chi connectivity index (χ4v) is 5.52. The number of aryl methyl sites for hydroxylation is 2. The summed E-state index contributed by atoms with van der Waals surface area (Å²) >= 11 is 0. The van der Waals surface area contributed by atoms with Crippen LogP contribution in [0.15, 0.2) is 74.4 Å². The lowest BCUT2D eigenvalue weighted by Gasteiger charge is -2.31. The molecule has 4 unspecified atom stereocenters. The van der Waals surface area contributed by atoms with Crippen LogP contribution in [0.2, 0.25) is 0 Å². The molecule has 0 bridgehead atoms. The van der Waals surface area contributed by atoms with Gasteiger partial charge in [-0.1, -0.05) is 26.7 Å². The Morgan fingerprint density at radius 1 is 0.736 bits per heavy atom. The summed E-state index contributed by atoms with van der Waals surface area (Å²) in [6.45, 7) is 16.0. The molecule has 1 aliphatic rings. The van der Waals surface area contributed by atoms with Gasteiger partial charge in [0.1, 0.15) is 29.6 Å². The number of unbranched alkanes of at least 4 members (excludes halogenated alkanes) is 1. The first-order chi connectivity index (χ1) is 25.4. The minimum absolute atomic E-state index is 0.00798. The van der Waals surface area contributed by atoms with E-state index in [1.54, 1.807) is 50.2 Å². The second-order valence-corrected chi connectivity index (χ2v) is 12.4. The molecule has 0 amide bonds. The van der Waals surface area contributed by atoms with Crippen molar-refractivity contribution in [3.05, 3.63) is 85.5 Å². The van der Waals surface area contributed by atoms with E-state index in [0.29, 0.717) is 72.8 Å². The molecule has 53 heavy (non-hydrogen) atoms. The van der Waals surface area contributed by atoms with Crippen molar-refractivity contribution in [3.8, 4) is 23.0 Å². The van der Waals surface area contributed by atoms with Crippen molar-refractivity contribution in [3.63, 3.8) is 0 Å². The van der Waals surface area contributed by atoms with Gasteiger partial charge in [0.05, 0.1) is 25.0 Å². The van der Waals surface area contributed by atoms with E-state index in [-0.39, 0.29) is 50.4 Å². The average Bonchev–Trinajstić information content (AvgIpc) is 3.14. The van der Waals surface area contributed by atoms with Crippen molar-refractivity contribution in [2.45, 2.75) is 59.0 Å². The summed E-state index contributed by atoms with van der Waals surface area (Å²) in [6, 6.07) is 9.88. The minimum atomic E-state index is -0.712. The number of ether oxygens (including phenoxy) is 8. The number of esters is 5. The molecule has 2 aromatic carbocycles. The summed E-state index contributed by atoms with van der Waals surface area (Å²) < 4.78 is 43.5. The Morgan fingerprint density at radius 3 is 1.92 bits per heavy atom. The van der Waals surface area contributed by atoms with Crippen LogP contribution in [0, 0.1) is 31.6 Å². The standard InChI is InChI=1S/C40H48O13/c1-7-36(41)47-19-11-10-18-46-23-32(51-38(43)9-3)24-48-34-16-13-31(21-27(34)5)53-40(45)33-15-12-29(20-26(33)4)39(44)52-30-14-17-35(28(6)22-30)49-25-50-37(42)8-2/h7-9,13-14,16-17,21-22,26,29,32-33H,1-3,10-12,15,18-20,23-25H2,4-6H3.